The maximum Gasteiger partial charge on any atom is 0.270 e. The molecule has 1 aliphatic heterocycles. The van der Waals surface area contributed by atoms with Gasteiger partial charge in [-0.05, 0) is 43.2 Å². The van der Waals surface area contributed by atoms with Gasteiger partial charge < -0.3 is 5.32 Å². The van der Waals surface area contributed by atoms with Crippen molar-refractivity contribution in [2.45, 2.75) is 18.9 Å². The zero-order valence-corrected chi connectivity index (χ0v) is 18.6. The SMILES string of the molecule is CS(=O)(=O)N1CCCC(NC(=O)c2cc(-c3ccc(Cl)cc3)nn2-c2ccccc2)C1. The van der Waals surface area contributed by atoms with Gasteiger partial charge in [0.2, 0.25) is 10.0 Å². The van der Waals surface area contributed by atoms with Crippen molar-refractivity contribution in [2.75, 3.05) is 19.3 Å². The van der Waals surface area contributed by atoms with Gasteiger partial charge in [0.05, 0.1) is 17.6 Å². The molecule has 1 aliphatic rings. The molecule has 0 spiro atoms. The number of halogens is 1. The lowest BCUT2D eigenvalue weighted by Gasteiger charge is -2.31. The summed E-state index contributed by atoms with van der Waals surface area (Å²) in [7, 11) is -3.29. The summed E-state index contributed by atoms with van der Waals surface area (Å²) in [5.74, 6) is -0.295. The summed E-state index contributed by atoms with van der Waals surface area (Å²) in [5, 5.41) is 8.27. The normalized spacial score (nSPS) is 17.4. The lowest BCUT2D eigenvalue weighted by molar-refractivity contribution is 0.0913. The van der Waals surface area contributed by atoms with Crippen LogP contribution in [0.15, 0.2) is 60.7 Å². The predicted molar refractivity (Wildman–Crippen MR) is 121 cm³/mol. The Kier molecular flexibility index (Phi) is 6.13. The van der Waals surface area contributed by atoms with Gasteiger partial charge >= 0.3 is 0 Å². The predicted octanol–water partition coefficient (Wildman–Crippen LogP) is 3.35. The van der Waals surface area contributed by atoms with Crippen LogP contribution in [-0.4, -0.2) is 53.8 Å². The fraction of sp³-hybridized carbons (Fsp3) is 0.273. The third kappa shape index (κ3) is 4.98. The second kappa shape index (κ2) is 8.82. The Labute approximate surface area is 186 Å². The highest BCUT2D eigenvalue weighted by molar-refractivity contribution is 7.88. The summed E-state index contributed by atoms with van der Waals surface area (Å²) in [5.41, 5.74) is 2.63. The first kappa shape index (κ1) is 21.5. The van der Waals surface area contributed by atoms with Crippen LogP contribution in [0.1, 0.15) is 23.3 Å². The van der Waals surface area contributed by atoms with Gasteiger partial charge in [0.1, 0.15) is 5.69 Å². The number of carbonyl (C=O) groups excluding carboxylic acids is 1. The molecule has 162 valence electrons. The van der Waals surface area contributed by atoms with E-state index in [4.69, 9.17) is 11.6 Å². The van der Waals surface area contributed by atoms with Crippen molar-refractivity contribution in [1.29, 1.82) is 0 Å². The van der Waals surface area contributed by atoms with E-state index in [1.807, 2.05) is 42.5 Å². The highest BCUT2D eigenvalue weighted by Gasteiger charge is 2.28. The minimum absolute atomic E-state index is 0.255. The van der Waals surface area contributed by atoms with Crippen molar-refractivity contribution < 1.29 is 13.2 Å². The third-order valence-corrected chi connectivity index (χ3v) is 6.79. The number of nitrogens with zero attached hydrogens (tertiary/aromatic N) is 3. The van der Waals surface area contributed by atoms with E-state index in [-0.39, 0.29) is 18.5 Å². The molecule has 7 nitrogen and oxygen atoms in total. The molecule has 31 heavy (non-hydrogen) atoms. The number of hydrogen-bond donors (Lipinski definition) is 1. The first-order chi connectivity index (χ1) is 14.8. The number of nitrogens with one attached hydrogen (secondary N) is 1. The van der Waals surface area contributed by atoms with Crippen LogP contribution in [-0.2, 0) is 10.0 Å². The van der Waals surface area contributed by atoms with Crippen molar-refractivity contribution in [3.05, 3.63) is 71.4 Å². The van der Waals surface area contributed by atoms with Crippen molar-refractivity contribution in [1.82, 2.24) is 19.4 Å². The molecule has 4 rings (SSSR count). The molecule has 1 saturated heterocycles. The van der Waals surface area contributed by atoms with E-state index in [9.17, 15) is 13.2 Å². The van der Waals surface area contributed by atoms with E-state index in [0.717, 1.165) is 17.7 Å². The molecule has 9 heteroatoms. The number of para-hydroxylation sites is 1. The molecule has 3 aromatic rings. The summed E-state index contributed by atoms with van der Waals surface area (Å²) < 4.78 is 26.8. The second-order valence-corrected chi connectivity index (χ2v) is 10.0. The van der Waals surface area contributed by atoms with Gasteiger partial charge in [-0.3, -0.25) is 4.79 Å². The highest BCUT2D eigenvalue weighted by atomic mass is 35.5. The fourth-order valence-electron chi connectivity index (χ4n) is 3.69. The molecular formula is C22H23ClN4O3S. The van der Waals surface area contributed by atoms with E-state index in [2.05, 4.69) is 10.4 Å². The summed E-state index contributed by atoms with van der Waals surface area (Å²) in [6.07, 6.45) is 2.62. The number of sulfonamides is 1. The number of piperidine rings is 1. The summed E-state index contributed by atoms with van der Waals surface area (Å²) in [4.78, 5) is 13.2. The van der Waals surface area contributed by atoms with Gasteiger partial charge in [-0.25, -0.2) is 17.4 Å². The Hall–Kier alpha value is -2.68. The smallest absolute Gasteiger partial charge is 0.270 e. The van der Waals surface area contributed by atoms with Crippen LogP contribution in [0.25, 0.3) is 16.9 Å². The van der Waals surface area contributed by atoms with Gasteiger partial charge in [-0.2, -0.15) is 5.10 Å². The molecule has 0 radical (unpaired) electrons. The summed E-state index contributed by atoms with van der Waals surface area (Å²) in [6.45, 7) is 0.752. The Morgan fingerprint density at radius 3 is 2.52 bits per heavy atom. The Bertz CT molecular complexity index is 1180. The van der Waals surface area contributed by atoms with E-state index < -0.39 is 10.0 Å². The molecule has 2 heterocycles. The van der Waals surface area contributed by atoms with Crippen LogP contribution in [0.3, 0.4) is 0 Å². The van der Waals surface area contributed by atoms with Crippen molar-refractivity contribution in [3.63, 3.8) is 0 Å². The maximum absolute atomic E-state index is 13.2. The Balaban J connectivity index is 1.64. The van der Waals surface area contributed by atoms with Crippen LogP contribution < -0.4 is 5.32 Å². The minimum Gasteiger partial charge on any atom is -0.347 e. The van der Waals surface area contributed by atoms with Crippen LogP contribution in [0.5, 0.6) is 0 Å². The molecule has 0 saturated carbocycles. The van der Waals surface area contributed by atoms with E-state index in [1.165, 1.54) is 10.6 Å². The summed E-state index contributed by atoms with van der Waals surface area (Å²) in [6, 6.07) is 18.2. The van der Waals surface area contributed by atoms with Crippen molar-refractivity contribution in [3.8, 4) is 16.9 Å². The monoisotopic (exact) mass is 458 g/mol. The molecule has 2 aromatic carbocycles. The lowest BCUT2D eigenvalue weighted by Crippen LogP contribution is -2.49. The zero-order chi connectivity index (χ0) is 22.0. The average Bonchev–Trinajstić information content (AvgIpc) is 3.20. The molecule has 1 atom stereocenters. The van der Waals surface area contributed by atoms with Gasteiger partial charge in [0, 0.05) is 29.7 Å². The van der Waals surface area contributed by atoms with Crippen molar-refractivity contribution >= 4 is 27.5 Å². The van der Waals surface area contributed by atoms with Gasteiger partial charge in [0.25, 0.3) is 5.91 Å². The molecule has 1 N–H and O–H groups in total. The van der Waals surface area contributed by atoms with Crippen LogP contribution in [0.2, 0.25) is 5.02 Å². The molecular weight excluding hydrogens is 436 g/mol. The van der Waals surface area contributed by atoms with Crippen LogP contribution >= 0.6 is 11.6 Å². The third-order valence-electron chi connectivity index (χ3n) is 5.27. The van der Waals surface area contributed by atoms with Gasteiger partial charge in [-0.1, -0.05) is 41.9 Å². The largest absolute Gasteiger partial charge is 0.347 e. The lowest BCUT2D eigenvalue weighted by atomic mass is 10.1. The van der Waals surface area contributed by atoms with E-state index in [1.54, 1.807) is 22.9 Å². The zero-order valence-electron chi connectivity index (χ0n) is 17.0. The number of aromatic nitrogens is 2. The average molecular weight is 459 g/mol. The number of carbonyl (C=O) groups is 1. The standard InChI is InChI=1S/C22H23ClN4O3S/c1-31(29,30)26-13-5-6-18(15-26)24-22(28)21-14-20(16-9-11-17(23)12-10-16)25-27(21)19-7-3-2-4-8-19/h2-4,7-12,14,18H,5-6,13,15H2,1H3,(H,24,28). The van der Waals surface area contributed by atoms with Gasteiger partial charge in [0.15, 0.2) is 0 Å². The summed E-state index contributed by atoms with van der Waals surface area (Å²) >= 11 is 6.00. The van der Waals surface area contributed by atoms with E-state index >= 15 is 0 Å². The molecule has 1 aromatic heterocycles. The molecule has 1 fully saturated rings. The maximum atomic E-state index is 13.2. The first-order valence-corrected chi connectivity index (χ1v) is 12.2. The van der Waals surface area contributed by atoms with Crippen LogP contribution in [0, 0.1) is 0 Å². The topological polar surface area (TPSA) is 84.3 Å². The van der Waals surface area contributed by atoms with Gasteiger partial charge in [-0.15, -0.1) is 0 Å². The molecule has 1 amide bonds. The minimum atomic E-state index is -3.29. The molecule has 1 unspecified atom stereocenters. The fourth-order valence-corrected chi connectivity index (χ4v) is 4.73. The van der Waals surface area contributed by atoms with Crippen molar-refractivity contribution in [2.24, 2.45) is 0 Å². The second-order valence-electron chi connectivity index (χ2n) is 7.60. The van der Waals surface area contributed by atoms with Crippen LogP contribution in [0.4, 0.5) is 0 Å². The Morgan fingerprint density at radius 2 is 1.84 bits per heavy atom. The number of hydrogen-bond acceptors (Lipinski definition) is 4. The quantitative estimate of drug-likeness (QED) is 0.635. The highest BCUT2D eigenvalue weighted by Crippen LogP contribution is 2.24. The molecule has 0 bridgehead atoms. The van der Waals surface area contributed by atoms with E-state index in [0.29, 0.717) is 29.4 Å². The number of amides is 1. The Morgan fingerprint density at radius 1 is 1.13 bits per heavy atom. The molecule has 0 aliphatic carbocycles. The number of rotatable bonds is 5. The number of benzene rings is 2. The first-order valence-electron chi connectivity index (χ1n) is 9.99.